The molecule has 0 bridgehead atoms. The molecule has 1 aliphatic rings. The molecule has 1 saturated heterocycles. The van der Waals surface area contributed by atoms with E-state index >= 15 is 0 Å². The van der Waals surface area contributed by atoms with Crippen LogP contribution >= 0.6 is 0 Å². The fourth-order valence-corrected chi connectivity index (χ4v) is 2.36. The molecule has 0 aromatic heterocycles. The Labute approximate surface area is 124 Å². The fraction of sp³-hybridized carbons (Fsp3) is 0.941. The summed E-state index contributed by atoms with van der Waals surface area (Å²) in [6, 6.07) is 0. The van der Waals surface area contributed by atoms with Crippen LogP contribution in [0.2, 0.25) is 0 Å². The number of ether oxygens (including phenoxy) is 2. The van der Waals surface area contributed by atoms with Crippen LogP contribution < -0.4 is 0 Å². The lowest BCUT2D eigenvalue weighted by Crippen LogP contribution is -2.09. The van der Waals surface area contributed by atoms with Gasteiger partial charge >= 0.3 is 5.97 Å². The maximum atomic E-state index is 11.4. The topological polar surface area (TPSA) is 38.8 Å². The average molecular weight is 284 g/mol. The summed E-state index contributed by atoms with van der Waals surface area (Å²) in [6.45, 7) is 3.47. The average Bonchev–Trinajstić information content (AvgIpc) is 3.27. The number of unbranched alkanes of at least 4 members (excludes halogenated alkanes) is 10. The van der Waals surface area contributed by atoms with Gasteiger partial charge in [-0.3, -0.25) is 4.79 Å². The van der Waals surface area contributed by atoms with E-state index in [0.717, 1.165) is 19.4 Å². The molecule has 0 spiro atoms. The van der Waals surface area contributed by atoms with Crippen LogP contribution in [0.1, 0.15) is 84.0 Å². The first-order valence-corrected chi connectivity index (χ1v) is 8.60. The maximum Gasteiger partial charge on any atom is 0.305 e. The van der Waals surface area contributed by atoms with Crippen LogP contribution in [-0.2, 0) is 14.3 Å². The van der Waals surface area contributed by atoms with Gasteiger partial charge in [-0.05, 0) is 6.42 Å². The second kappa shape index (κ2) is 12.2. The van der Waals surface area contributed by atoms with E-state index in [1.807, 2.05) is 0 Å². The van der Waals surface area contributed by atoms with Crippen LogP contribution in [0.25, 0.3) is 0 Å². The third-order valence-electron chi connectivity index (χ3n) is 3.82. The first-order chi connectivity index (χ1) is 9.83. The summed E-state index contributed by atoms with van der Waals surface area (Å²) in [6.07, 6.45) is 15.1. The molecular formula is C17H32O3. The predicted molar refractivity (Wildman–Crippen MR) is 81.8 cm³/mol. The van der Waals surface area contributed by atoms with Gasteiger partial charge in [0, 0.05) is 6.42 Å². The van der Waals surface area contributed by atoms with Gasteiger partial charge in [0.2, 0.25) is 0 Å². The van der Waals surface area contributed by atoms with Crippen LogP contribution in [-0.4, -0.2) is 25.3 Å². The van der Waals surface area contributed by atoms with Crippen molar-refractivity contribution < 1.29 is 14.3 Å². The van der Waals surface area contributed by atoms with Gasteiger partial charge in [0.25, 0.3) is 0 Å². The van der Waals surface area contributed by atoms with Crippen LogP contribution in [0, 0.1) is 0 Å². The molecule has 0 N–H and O–H groups in total. The number of carbonyl (C=O) groups is 1. The van der Waals surface area contributed by atoms with Gasteiger partial charge in [-0.15, -0.1) is 0 Å². The first-order valence-electron chi connectivity index (χ1n) is 8.60. The lowest BCUT2D eigenvalue weighted by molar-refractivity contribution is -0.144. The molecule has 118 valence electrons. The minimum Gasteiger partial charge on any atom is -0.463 e. The summed E-state index contributed by atoms with van der Waals surface area (Å²) < 4.78 is 10.1. The standard InChI is InChI=1S/C17H32O3/c1-2-3-4-5-6-7-8-9-10-11-12-13-17(18)20-15-16-14-19-16/h16H,2-15H2,1H3/t16-/m1/s1. The number of epoxide rings is 1. The van der Waals surface area contributed by atoms with Crippen molar-refractivity contribution in [3.8, 4) is 0 Å². The van der Waals surface area contributed by atoms with Crippen molar-refractivity contribution in [2.75, 3.05) is 13.2 Å². The Morgan fingerprint density at radius 2 is 1.45 bits per heavy atom. The minimum atomic E-state index is -0.0589. The van der Waals surface area contributed by atoms with Crippen molar-refractivity contribution in [1.82, 2.24) is 0 Å². The molecule has 1 atom stereocenters. The lowest BCUT2D eigenvalue weighted by Gasteiger charge is -2.03. The van der Waals surface area contributed by atoms with Gasteiger partial charge < -0.3 is 9.47 Å². The molecule has 0 aromatic rings. The van der Waals surface area contributed by atoms with Gasteiger partial charge in [0.05, 0.1) is 6.61 Å². The molecule has 0 amide bonds. The summed E-state index contributed by atoms with van der Waals surface area (Å²) in [5.41, 5.74) is 0. The Morgan fingerprint density at radius 1 is 0.950 bits per heavy atom. The predicted octanol–water partition coefficient (Wildman–Crippen LogP) is 4.63. The summed E-state index contributed by atoms with van der Waals surface area (Å²) in [5.74, 6) is -0.0589. The second-order valence-corrected chi connectivity index (χ2v) is 5.92. The van der Waals surface area contributed by atoms with Crippen molar-refractivity contribution in [3.63, 3.8) is 0 Å². The van der Waals surface area contributed by atoms with E-state index in [0.29, 0.717) is 13.0 Å². The highest BCUT2D eigenvalue weighted by Gasteiger charge is 2.23. The first kappa shape index (κ1) is 17.5. The molecule has 1 heterocycles. The second-order valence-electron chi connectivity index (χ2n) is 5.92. The third kappa shape index (κ3) is 11.3. The molecule has 0 aliphatic carbocycles. The van der Waals surface area contributed by atoms with Gasteiger partial charge in [-0.25, -0.2) is 0 Å². The number of carbonyl (C=O) groups excluding carboxylic acids is 1. The number of esters is 1. The van der Waals surface area contributed by atoms with Crippen LogP contribution in [0.5, 0.6) is 0 Å². The Morgan fingerprint density at radius 3 is 1.95 bits per heavy atom. The van der Waals surface area contributed by atoms with Gasteiger partial charge in [0.1, 0.15) is 12.7 Å². The molecule has 3 heteroatoms. The zero-order chi connectivity index (χ0) is 14.5. The van der Waals surface area contributed by atoms with E-state index in [9.17, 15) is 4.79 Å². The normalized spacial score (nSPS) is 17.1. The van der Waals surface area contributed by atoms with Crippen molar-refractivity contribution in [2.45, 2.75) is 90.1 Å². The largest absolute Gasteiger partial charge is 0.463 e. The van der Waals surface area contributed by atoms with E-state index in [-0.39, 0.29) is 12.1 Å². The zero-order valence-electron chi connectivity index (χ0n) is 13.2. The lowest BCUT2D eigenvalue weighted by atomic mass is 10.1. The molecule has 3 nitrogen and oxygen atoms in total. The smallest absolute Gasteiger partial charge is 0.305 e. The van der Waals surface area contributed by atoms with Gasteiger partial charge in [-0.1, -0.05) is 71.1 Å². The van der Waals surface area contributed by atoms with E-state index < -0.39 is 0 Å². The highest BCUT2D eigenvalue weighted by molar-refractivity contribution is 5.69. The Bertz CT molecular complexity index is 236. The molecular weight excluding hydrogens is 252 g/mol. The van der Waals surface area contributed by atoms with E-state index in [1.165, 1.54) is 57.8 Å². The third-order valence-corrected chi connectivity index (χ3v) is 3.82. The number of rotatable bonds is 14. The fourth-order valence-electron chi connectivity index (χ4n) is 2.36. The van der Waals surface area contributed by atoms with Crippen molar-refractivity contribution in [3.05, 3.63) is 0 Å². The zero-order valence-corrected chi connectivity index (χ0v) is 13.2. The molecule has 0 aromatic carbocycles. The summed E-state index contributed by atoms with van der Waals surface area (Å²) >= 11 is 0. The molecule has 0 radical (unpaired) electrons. The van der Waals surface area contributed by atoms with E-state index in [4.69, 9.17) is 9.47 Å². The van der Waals surface area contributed by atoms with Crippen LogP contribution in [0.3, 0.4) is 0 Å². The highest BCUT2D eigenvalue weighted by Crippen LogP contribution is 2.13. The van der Waals surface area contributed by atoms with Gasteiger partial charge in [-0.2, -0.15) is 0 Å². The minimum absolute atomic E-state index is 0.0589. The molecule has 20 heavy (non-hydrogen) atoms. The van der Waals surface area contributed by atoms with Gasteiger partial charge in [0.15, 0.2) is 0 Å². The Balaban J connectivity index is 1.70. The molecule has 1 rings (SSSR count). The SMILES string of the molecule is CCCCCCCCCCCCCC(=O)OC[C@H]1CO1. The summed E-state index contributed by atoms with van der Waals surface area (Å²) in [5, 5.41) is 0. The molecule has 1 aliphatic heterocycles. The molecule has 0 saturated carbocycles. The number of hydrogen-bond donors (Lipinski definition) is 0. The quantitative estimate of drug-likeness (QED) is 0.265. The molecule has 1 fully saturated rings. The highest BCUT2D eigenvalue weighted by atomic mass is 16.6. The maximum absolute atomic E-state index is 11.4. The molecule has 0 unspecified atom stereocenters. The van der Waals surface area contributed by atoms with Crippen molar-refractivity contribution >= 4 is 5.97 Å². The van der Waals surface area contributed by atoms with Crippen molar-refractivity contribution in [2.24, 2.45) is 0 Å². The monoisotopic (exact) mass is 284 g/mol. The van der Waals surface area contributed by atoms with E-state index in [1.54, 1.807) is 0 Å². The van der Waals surface area contributed by atoms with Crippen LogP contribution in [0.15, 0.2) is 0 Å². The summed E-state index contributed by atoms with van der Waals surface area (Å²) in [4.78, 5) is 11.4. The summed E-state index contributed by atoms with van der Waals surface area (Å²) in [7, 11) is 0. The van der Waals surface area contributed by atoms with Crippen LogP contribution in [0.4, 0.5) is 0 Å². The van der Waals surface area contributed by atoms with Crippen molar-refractivity contribution in [1.29, 1.82) is 0 Å². The van der Waals surface area contributed by atoms with E-state index in [2.05, 4.69) is 6.92 Å². The Kier molecular flexibility index (Phi) is 10.7. The Hall–Kier alpha value is -0.570. The number of hydrogen-bond acceptors (Lipinski definition) is 3.